The minimum atomic E-state index is -4.18. The van der Waals surface area contributed by atoms with Gasteiger partial charge in [-0.05, 0) is 45.4 Å². The van der Waals surface area contributed by atoms with Gasteiger partial charge < -0.3 is 9.64 Å². The van der Waals surface area contributed by atoms with Crippen LogP contribution in [0.3, 0.4) is 0 Å². The minimum Gasteiger partial charge on any atom is -0.378 e. The van der Waals surface area contributed by atoms with Gasteiger partial charge >= 0.3 is 6.18 Å². The first-order valence-corrected chi connectivity index (χ1v) is 9.74. The Bertz CT molecular complexity index is 488. The summed E-state index contributed by atoms with van der Waals surface area (Å²) in [4.78, 5) is 14.7. The van der Waals surface area contributed by atoms with Gasteiger partial charge in [0.25, 0.3) is 0 Å². The molecule has 0 bridgehead atoms. The molecule has 1 amide bonds. The van der Waals surface area contributed by atoms with Crippen LogP contribution < -0.4 is 0 Å². The van der Waals surface area contributed by atoms with Gasteiger partial charge in [-0.15, -0.1) is 0 Å². The van der Waals surface area contributed by atoms with Crippen LogP contribution in [0.15, 0.2) is 0 Å². The zero-order chi connectivity index (χ0) is 18.2. The van der Waals surface area contributed by atoms with Crippen LogP contribution in [0.4, 0.5) is 13.2 Å². The molecule has 3 rings (SSSR count). The summed E-state index contributed by atoms with van der Waals surface area (Å²) in [5, 5.41) is 0. The van der Waals surface area contributed by atoms with Crippen LogP contribution in [-0.2, 0) is 9.53 Å². The molecule has 0 N–H and O–H groups in total. The first kappa shape index (κ1) is 19.0. The average molecular weight is 361 g/mol. The molecular formula is C19H30F3NO2. The zero-order valence-electron chi connectivity index (χ0n) is 15.3. The molecule has 25 heavy (non-hydrogen) atoms. The van der Waals surface area contributed by atoms with Crippen LogP contribution in [0.25, 0.3) is 0 Å². The van der Waals surface area contributed by atoms with Crippen molar-refractivity contribution in [3.05, 3.63) is 0 Å². The number of alkyl halides is 3. The predicted molar refractivity (Wildman–Crippen MR) is 89.0 cm³/mol. The van der Waals surface area contributed by atoms with E-state index in [4.69, 9.17) is 4.74 Å². The average Bonchev–Trinajstić information content (AvgIpc) is 3.09. The molecule has 0 saturated heterocycles. The van der Waals surface area contributed by atoms with Crippen LogP contribution in [0.5, 0.6) is 0 Å². The Morgan fingerprint density at radius 2 is 1.84 bits per heavy atom. The van der Waals surface area contributed by atoms with Gasteiger partial charge in [0.2, 0.25) is 5.91 Å². The summed E-state index contributed by atoms with van der Waals surface area (Å²) in [7, 11) is 1.80. The van der Waals surface area contributed by atoms with Gasteiger partial charge in [-0.3, -0.25) is 4.79 Å². The third-order valence-electron chi connectivity index (χ3n) is 6.95. The van der Waals surface area contributed by atoms with Crippen molar-refractivity contribution in [3.8, 4) is 0 Å². The summed E-state index contributed by atoms with van der Waals surface area (Å²) in [6, 6.07) is 0.130. The van der Waals surface area contributed by atoms with Gasteiger partial charge in [0.1, 0.15) is 0 Å². The molecule has 0 heterocycles. The Hall–Kier alpha value is -0.780. The quantitative estimate of drug-likeness (QED) is 0.735. The van der Waals surface area contributed by atoms with E-state index in [-0.39, 0.29) is 36.3 Å². The smallest absolute Gasteiger partial charge is 0.378 e. The Labute approximate surface area is 148 Å². The van der Waals surface area contributed by atoms with E-state index in [1.54, 1.807) is 11.9 Å². The molecule has 3 aliphatic rings. The Morgan fingerprint density at radius 3 is 2.44 bits per heavy atom. The van der Waals surface area contributed by atoms with Crippen LogP contribution in [0, 0.1) is 17.3 Å². The fraction of sp³-hybridized carbons (Fsp3) is 0.947. The topological polar surface area (TPSA) is 29.5 Å². The van der Waals surface area contributed by atoms with Crippen LogP contribution in [0.2, 0.25) is 0 Å². The molecule has 0 aromatic heterocycles. The van der Waals surface area contributed by atoms with Gasteiger partial charge in [0.05, 0.1) is 12.0 Å². The maximum atomic E-state index is 13.1. The fourth-order valence-corrected chi connectivity index (χ4v) is 5.55. The Balaban J connectivity index is 1.66. The number of carbonyl (C=O) groups excluding carboxylic acids is 1. The summed E-state index contributed by atoms with van der Waals surface area (Å²) in [6.45, 7) is 2.66. The van der Waals surface area contributed by atoms with E-state index in [2.05, 4.69) is 0 Å². The van der Waals surface area contributed by atoms with Gasteiger partial charge in [0, 0.05) is 31.0 Å². The number of rotatable bonds is 4. The molecule has 0 aliphatic heterocycles. The van der Waals surface area contributed by atoms with E-state index in [1.165, 1.54) is 0 Å². The van der Waals surface area contributed by atoms with Crippen LogP contribution in [0.1, 0.15) is 64.7 Å². The van der Waals surface area contributed by atoms with Gasteiger partial charge in [-0.1, -0.05) is 19.3 Å². The molecule has 1 spiro atoms. The highest BCUT2D eigenvalue weighted by atomic mass is 19.4. The van der Waals surface area contributed by atoms with Gasteiger partial charge in [-0.2, -0.15) is 13.2 Å². The second kappa shape index (κ2) is 7.09. The lowest BCUT2D eigenvalue weighted by atomic mass is 9.59. The van der Waals surface area contributed by atoms with Crippen molar-refractivity contribution in [2.24, 2.45) is 17.3 Å². The van der Waals surface area contributed by atoms with E-state index in [9.17, 15) is 18.0 Å². The number of carbonyl (C=O) groups is 1. The summed E-state index contributed by atoms with van der Waals surface area (Å²) < 4.78 is 45.0. The third kappa shape index (κ3) is 3.43. The maximum absolute atomic E-state index is 13.1. The summed E-state index contributed by atoms with van der Waals surface area (Å²) in [6.07, 6.45) is 2.49. The highest BCUT2D eigenvalue weighted by molar-refractivity contribution is 5.79. The SMILES string of the molecule is CCOC1CC(N(C)C(=O)C2CCCC(C(F)(F)F)C2)C12CCCC2. The number of hydrogen-bond donors (Lipinski definition) is 0. The Morgan fingerprint density at radius 1 is 1.16 bits per heavy atom. The monoisotopic (exact) mass is 361 g/mol. The lowest BCUT2D eigenvalue weighted by Crippen LogP contribution is -2.64. The molecule has 0 aromatic carbocycles. The molecule has 3 aliphatic carbocycles. The van der Waals surface area contributed by atoms with Crippen molar-refractivity contribution in [3.63, 3.8) is 0 Å². The number of halogens is 3. The minimum absolute atomic E-state index is 0.0402. The van der Waals surface area contributed by atoms with Crippen molar-refractivity contribution in [2.75, 3.05) is 13.7 Å². The zero-order valence-corrected chi connectivity index (χ0v) is 15.3. The number of nitrogens with zero attached hydrogens (tertiary/aromatic N) is 1. The second-order valence-electron chi connectivity index (χ2n) is 8.19. The van der Waals surface area contributed by atoms with Crippen LogP contribution >= 0.6 is 0 Å². The van der Waals surface area contributed by atoms with Crippen LogP contribution in [-0.4, -0.2) is 42.8 Å². The molecule has 6 heteroatoms. The third-order valence-corrected chi connectivity index (χ3v) is 6.95. The van der Waals surface area contributed by atoms with E-state index in [0.717, 1.165) is 32.1 Å². The molecule has 3 fully saturated rings. The van der Waals surface area contributed by atoms with E-state index < -0.39 is 18.0 Å². The number of ether oxygens (including phenoxy) is 1. The number of amides is 1. The predicted octanol–water partition coefficient (Wildman–Crippen LogP) is 4.55. The summed E-state index contributed by atoms with van der Waals surface area (Å²) in [5.41, 5.74) is 0.0402. The largest absolute Gasteiger partial charge is 0.391 e. The van der Waals surface area contributed by atoms with E-state index in [0.29, 0.717) is 19.4 Å². The molecule has 144 valence electrons. The van der Waals surface area contributed by atoms with Gasteiger partial charge in [-0.25, -0.2) is 0 Å². The molecule has 0 aromatic rings. The fourth-order valence-electron chi connectivity index (χ4n) is 5.55. The lowest BCUT2D eigenvalue weighted by molar-refractivity contribution is -0.191. The van der Waals surface area contributed by atoms with Crippen molar-refractivity contribution in [1.29, 1.82) is 0 Å². The molecule has 4 atom stereocenters. The number of hydrogen-bond acceptors (Lipinski definition) is 2. The van der Waals surface area contributed by atoms with Crippen molar-refractivity contribution in [1.82, 2.24) is 4.90 Å². The Kier molecular flexibility index (Phi) is 5.38. The van der Waals surface area contributed by atoms with Crippen molar-refractivity contribution in [2.45, 2.75) is 83.0 Å². The lowest BCUT2D eigenvalue weighted by Gasteiger charge is -2.57. The second-order valence-corrected chi connectivity index (χ2v) is 8.19. The van der Waals surface area contributed by atoms with Crippen molar-refractivity contribution >= 4 is 5.91 Å². The summed E-state index contributed by atoms with van der Waals surface area (Å²) in [5.74, 6) is -1.88. The molecule has 3 nitrogen and oxygen atoms in total. The molecule has 4 unspecified atom stereocenters. The van der Waals surface area contributed by atoms with Gasteiger partial charge in [0.15, 0.2) is 0 Å². The van der Waals surface area contributed by atoms with E-state index in [1.807, 2.05) is 6.92 Å². The first-order valence-electron chi connectivity index (χ1n) is 9.74. The highest BCUT2D eigenvalue weighted by Gasteiger charge is 2.59. The normalized spacial score (nSPS) is 34.8. The molecule has 3 saturated carbocycles. The standard InChI is InChI=1S/C19H30F3NO2/c1-3-25-16-12-15(18(16)9-4-5-10-18)23(2)17(24)13-7-6-8-14(11-13)19(20,21)22/h13-16H,3-12H2,1-2H3. The van der Waals surface area contributed by atoms with E-state index >= 15 is 0 Å². The first-order chi connectivity index (χ1) is 11.8. The highest BCUT2D eigenvalue weighted by Crippen LogP contribution is 2.56. The molecule has 0 radical (unpaired) electrons. The van der Waals surface area contributed by atoms with Crippen molar-refractivity contribution < 1.29 is 22.7 Å². The molecular weight excluding hydrogens is 331 g/mol. The maximum Gasteiger partial charge on any atom is 0.391 e. The summed E-state index contributed by atoms with van der Waals surface area (Å²) >= 11 is 0.